The fraction of sp³-hybridized carbons (Fsp3) is 0.500. The summed E-state index contributed by atoms with van der Waals surface area (Å²) < 4.78 is 2.29. The van der Waals surface area contributed by atoms with E-state index < -0.39 is 0 Å². The van der Waals surface area contributed by atoms with E-state index in [4.69, 9.17) is 5.73 Å². The van der Waals surface area contributed by atoms with Crippen LogP contribution in [0.3, 0.4) is 0 Å². The number of piperidine rings is 1. The van der Waals surface area contributed by atoms with Crippen molar-refractivity contribution in [2.75, 3.05) is 18.8 Å². The Hall–Kier alpha value is -2.33. The topological polar surface area (TPSA) is 47.1 Å². The van der Waals surface area contributed by atoms with Gasteiger partial charge in [0.15, 0.2) is 0 Å². The maximum Gasteiger partial charge on any atom is 0.201 e. The molecule has 1 aromatic heterocycles. The maximum absolute atomic E-state index is 6.35. The van der Waals surface area contributed by atoms with Crippen LogP contribution in [0.15, 0.2) is 54.6 Å². The third-order valence-corrected chi connectivity index (χ3v) is 7.55. The van der Waals surface area contributed by atoms with Crippen LogP contribution >= 0.6 is 0 Å². The van der Waals surface area contributed by atoms with Crippen LogP contribution in [0.5, 0.6) is 0 Å². The van der Waals surface area contributed by atoms with Crippen LogP contribution in [0.1, 0.15) is 69.4 Å². The number of hydrogen-bond acceptors (Lipinski definition) is 3. The molecule has 4 heteroatoms. The van der Waals surface area contributed by atoms with Gasteiger partial charge in [0.05, 0.1) is 11.0 Å². The van der Waals surface area contributed by atoms with Gasteiger partial charge in [-0.1, -0.05) is 74.6 Å². The fourth-order valence-electron chi connectivity index (χ4n) is 6.03. The summed E-state index contributed by atoms with van der Waals surface area (Å²) in [6.07, 6.45) is 11.7. The van der Waals surface area contributed by atoms with E-state index in [2.05, 4.69) is 63.0 Å². The zero-order valence-corrected chi connectivity index (χ0v) is 18.0. The number of aromatic nitrogens is 2. The van der Waals surface area contributed by atoms with Gasteiger partial charge in [-0.15, -0.1) is 0 Å². The Bertz CT molecular complexity index is 961. The van der Waals surface area contributed by atoms with Gasteiger partial charge in [-0.2, -0.15) is 0 Å². The van der Waals surface area contributed by atoms with Crippen molar-refractivity contribution < 1.29 is 0 Å². The van der Waals surface area contributed by atoms with E-state index in [0.717, 1.165) is 31.4 Å². The minimum Gasteiger partial charge on any atom is -0.369 e. The van der Waals surface area contributed by atoms with E-state index >= 15 is 0 Å². The van der Waals surface area contributed by atoms with Gasteiger partial charge in [0.1, 0.15) is 0 Å². The number of hydrogen-bond donors (Lipinski definition) is 1. The third-order valence-electron chi connectivity index (χ3n) is 7.55. The van der Waals surface area contributed by atoms with Crippen molar-refractivity contribution >= 4 is 17.0 Å². The summed E-state index contributed by atoms with van der Waals surface area (Å²) in [7, 11) is 0. The summed E-state index contributed by atoms with van der Waals surface area (Å²) in [5.41, 5.74) is 10.3. The normalized spacial score (nSPS) is 21.3. The number of fused-ring (bicyclic) bond motifs is 1. The number of likely N-dealkylation sites (tertiary alicyclic amines) is 1. The molecule has 0 amide bonds. The average Bonchev–Trinajstić information content (AvgIpc) is 3.11. The van der Waals surface area contributed by atoms with E-state index in [1.54, 1.807) is 0 Å². The first kappa shape index (κ1) is 19.6. The molecular weight excluding hydrogens is 368 g/mol. The van der Waals surface area contributed by atoms with Gasteiger partial charge >= 0.3 is 0 Å². The quantitative estimate of drug-likeness (QED) is 0.594. The zero-order valence-electron chi connectivity index (χ0n) is 18.0. The fourth-order valence-corrected chi connectivity index (χ4v) is 6.03. The summed E-state index contributed by atoms with van der Waals surface area (Å²) in [5.74, 6) is 0.665. The highest BCUT2D eigenvalue weighted by Gasteiger charge is 2.40. The lowest BCUT2D eigenvalue weighted by atomic mass is 9.76. The second kappa shape index (κ2) is 8.43. The number of imidazole rings is 1. The van der Waals surface area contributed by atoms with Gasteiger partial charge in [-0.3, -0.25) is 4.90 Å². The van der Waals surface area contributed by atoms with Crippen molar-refractivity contribution in [3.8, 4) is 0 Å². The minimum atomic E-state index is 0.204. The van der Waals surface area contributed by atoms with Crippen LogP contribution in [0, 0.1) is 0 Å². The van der Waals surface area contributed by atoms with Gasteiger partial charge in [-0.05, 0) is 43.4 Å². The minimum absolute atomic E-state index is 0.204. The van der Waals surface area contributed by atoms with Crippen molar-refractivity contribution in [3.63, 3.8) is 0 Å². The summed E-state index contributed by atoms with van der Waals surface area (Å²) in [5, 5.41) is 0. The number of benzene rings is 2. The molecule has 2 heterocycles. The van der Waals surface area contributed by atoms with E-state index in [9.17, 15) is 0 Å². The van der Waals surface area contributed by atoms with Crippen molar-refractivity contribution in [3.05, 3.63) is 60.2 Å². The maximum atomic E-state index is 6.35. The summed E-state index contributed by atoms with van der Waals surface area (Å²) in [4.78, 5) is 7.43. The molecule has 1 saturated carbocycles. The molecule has 0 bridgehead atoms. The molecule has 2 aromatic carbocycles. The largest absolute Gasteiger partial charge is 0.369 e. The lowest BCUT2D eigenvalue weighted by Crippen LogP contribution is -2.50. The number of rotatable bonds is 3. The van der Waals surface area contributed by atoms with Crippen molar-refractivity contribution in [2.24, 2.45) is 0 Å². The smallest absolute Gasteiger partial charge is 0.201 e. The summed E-state index contributed by atoms with van der Waals surface area (Å²) >= 11 is 0. The number of anilines is 1. The molecule has 0 radical (unpaired) electrons. The third kappa shape index (κ3) is 3.51. The van der Waals surface area contributed by atoms with Gasteiger partial charge in [-0.25, -0.2) is 4.98 Å². The van der Waals surface area contributed by atoms with Crippen molar-refractivity contribution in [2.45, 2.75) is 69.4 Å². The van der Waals surface area contributed by atoms with Crippen LogP contribution in [0.25, 0.3) is 11.0 Å². The van der Waals surface area contributed by atoms with Crippen LogP contribution in [0.4, 0.5) is 5.95 Å². The number of nitrogens with zero attached hydrogens (tertiary/aromatic N) is 3. The van der Waals surface area contributed by atoms with E-state index in [0.29, 0.717) is 12.0 Å². The number of para-hydroxylation sites is 2. The standard InChI is InChI=1S/C26H34N4/c27-25-28-23-13-7-8-14-24(23)30(25)22-15-19-29(20-16-22)26(21-11-5-4-6-12-21)17-9-2-1-3-10-18-26/h4-8,11-14,22H,1-3,9-10,15-20H2,(H2,27,28). The van der Waals surface area contributed by atoms with Gasteiger partial charge in [0.2, 0.25) is 5.95 Å². The van der Waals surface area contributed by atoms with Crippen LogP contribution in [-0.2, 0) is 5.54 Å². The predicted octanol–water partition coefficient (Wildman–Crippen LogP) is 5.90. The Morgan fingerprint density at radius 3 is 2.17 bits per heavy atom. The molecule has 5 rings (SSSR count). The first-order chi connectivity index (χ1) is 14.8. The molecule has 0 atom stereocenters. The molecule has 2 N–H and O–H groups in total. The predicted molar refractivity (Wildman–Crippen MR) is 124 cm³/mol. The second-order valence-electron chi connectivity index (χ2n) is 9.21. The molecule has 3 aromatic rings. The van der Waals surface area contributed by atoms with E-state index in [-0.39, 0.29) is 5.54 Å². The highest BCUT2D eigenvalue weighted by atomic mass is 15.2. The Balaban J connectivity index is 1.41. The van der Waals surface area contributed by atoms with Crippen molar-refractivity contribution in [1.82, 2.24) is 14.5 Å². The Morgan fingerprint density at radius 2 is 1.43 bits per heavy atom. The molecule has 0 spiro atoms. The SMILES string of the molecule is Nc1nc2ccccc2n1C1CCN(C2(c3ccccc3)CCCCCCC2)CC1. The first-order valence-corrected chi connectivity index (χ1v) is 11.8. The molecular formula is C26H34N4. The Morgan fingerprint density at radius 1 is 0.800 bits per heavy atom. The van der Waals surface area contributed by atoms with Gasteiger partial charge in [0.25, 0.3) is 0 Å². The number of nitrogens with two attached hydrogens (primary N) is 1. The molecule has 0 unspecified atom stereocenters. The van der Waals surface area contributed by atoms with Gasteiger partial charge in [0, 0.05) is 24.7 Å². The molecule has 2 aliphatic rings. The van der Waals surface area contributed by atoms with Crippen LogP contribution in [0.2, 0.25) is 0 Å². The van der Waals surface area contributed by atoms with Crippen LogP contribution in [-0.4, -0.2) is 27.5 Å². The second-order valence-corrected chi connectivity index (χ2v) is 9.21. The Labute approximate surface area is 180 Å². The van der Waals surface area contributed by atoms with Gasteiger partial charge < -0.3 is 10.3 Å². The molecule has 4 nitrogen and oxygen atoms in total. The molecule has 1 saturated heterocycles. The highest BCUT2D eigenvalue weighted by molar-refractivity contribution is 5.78. The lowest BCUT2D eigenvalue weighted by molar-refractivity contribution is 0.0275. The average molecular weight is 403 g/mol. The number of nitrogen functional groups attached to an aromatic ring is 1. The zero-order chi connectivity index (χ0) is 20.4. The lowest BCUT2D eigenvalue weighted by Gasteiger charge is -2.49. The van der Waals surface area contributed by atoms with E-state index in [1.807, 2.05) is 6.07 Å². The molecule has 30 heavy (non-hydrogen) atoms. The molecule has 2 fully saturated rings. The first-order valence-electron chi connectivity index (χ1n) is 11.8. The van der Waals surface area contributed by atoms with Crippen LogP contribution < -0.4 is 5.73 Å². The van der Waals surface area contributed by atoms with Crippen molar-refractivity contribution in [1.29, 1.82) is 0 Å². The Kier molecular flexibility index (Phi) is 5.51. The summed E-state index contributed by atoms with van der Waals surface area (Å²) in [6, 6.07) is 20.1. The highest BCUT2D eigenvalue weighted by Crippen LogP contribution is 2.43. The monoisotopic (exact) mass is 402 g/mol. The summed E-state index contributed by atoms with van der Waals surface area (Å²) in [6.45, 7) is 2.26. The molecule has 158 valence electrons. The van der Waals surface area contributed by atoms with E-state index in [1.165, 1.54) is 56.0 Å². The molecule has 1 aliphatic carbocycles. The molecule has 1 aliphatic heterocycles.